The van der Waals surface area contributed by atoms with Gasteiger partial charge in [-0.3, -0.25) is 10.8 Å². The number of nitrogens with two attached hydrogens (primary N) is 1. The number of hydrogen-bond acceptors (Lipinski definition) is 3. The molecule has 18 heavy (non-hydrogen) atoms. The van der Waals surface area contributed by atoms with Gasteiger partial charge in [0.1, 0.15) is 11.6 Å². The summed E-state index contributed by atoms with van der Waals surface area (Å²) in [6.45, 7) is 1.88. The van der Waals surface area contributed by atoms with Crippen LogP contribution in [0.3, 0.4) is 0 Å². The first-order chi connectivity index (χ1) is 8.63. The lowest BCUT2D eigenvalue weighted by Gasteiger charge is -2.19. The molecule has 0 aliphatic carbocycles. The topological polar surface area (TPSA) is 50.9 Å². The fourth-order valence-corrected chi connectivity index (χ4v) is 1.86. The van der Waals surface area contributed by atoms with E-state index < -0.39 is 17.7 Å². The highest BCUT2D eigenvalue weighted by Crippen LogP contribution is 2.25. The number of nitrogens with zero attached hydrogens (tertiary/aromatic N) is 1. The number of halogens is 2. The van der Waals surface area contributed by atoms with Gasteiger partial charge in [0.15, 0.2) is 0 Å². The third kappa shape index (κ3) is 2.37. The summed E-state index contributed by atoms with van der Waals surface area (Å²) in [6, 6.07) is 4.67. The molecule has 3 N–H and O–H groups in total. The van der Waals surface area contributed by atoms with Gasteiger partial charge in [-0.2, -0.15) is 0 Å². The number of aromatic nitrogens is 1. The molecule has 2 aromatic rings. The molecule has 1 aromatic heterocycles. The van der Waals surface area contributed by atoms with E-state index in [2.05, 4.69) is 10.4 Å². The maximum absolute atomic E-state index is 13.7. The van der Waals surface area contributed by atoms with Crippen LogP contribution in [0, 0.1) is 18.6 Å². The zero-order chi connectivity index (χ0) is 13.1. The molecule has 1 heterocycles. The summed E-state index contributed by atoms with van der Waals surface area (Å²) in [7, 11) is 0. The molecule has 1 atom stereocenters. The second-order valence-electron chi connectivity index (χ2n) is 4.00. The van der Waals surface area contributed by atoms with E-state index in [-0.39, 0.29) is 5.56 Å². The zero-order valence-corrected chi connectivity index (χ0v) is 9.82. The zero-order valence-electron chi connectivity index (χ0n) is 9.82. The molecular weight excluding hydrogens is 236 g/mol. The summed E-state index contributed by atoms with van der Waals surface area (Å²) in [5.74, 6) is 4.22. The van der Waals surface area contributed by atoms with Gasteiger partial charge in [0.2, 0.25) is 0 Å². The molecule has 3 nitrogen and oxygen atoms in total. The Morgan fingerprint density at radius 1 is 1.22 bits per heavy atom. The van der Waals surface area contributed by atoms with Gasteiger partial charge in [-0.25, -0.2) is 14.2 Å². The predicted molar refractivity (Wildman–Crippen MR) is 64.5 cm³/mol. The number of benzene rings is 1. The van der Waals surface area contributed by atoms with Crippen LogP contribution in [0.1, 0.15) is 22.7 Å². The second-order valence-corrected chi connectivity index (χ2v) is 4.00. The van der Waals surface area contributed by atoms with Gasteiger partial charge < -0.3 is 0 Å². The van der Waals surface area contributed by atoms with Crippen molar-refractivity contribution >= 4 is 0 Å². The second kappa shape index (κ2) is 5.20. The smallest absolute Gasteiger partial charge is 0.131 e. The van der Waals surface area contributed by atoms with E-state index in [4.69, 9.17) is 5.84 Å². The maximum atomic E-state index is 13.7. The first-order valence-electron chi connectivity index (χ1n) is 5.45. The first kappa shape index (κ1) is 12.6. The van der Waals surface area contributed by atoms with Crippen molar-refractivity contribution in [3.05, 3.63) is 65.0 Å². The average molecular weight is 249 g/mol. The summed E-state index contributed by atoms with van der Waals surface area (Å²) >= 11 is 0. The summed E-state index contributed by atoms with van der Waals surface area (Å²) in [6.07, 6.45) is 3.26. The standard InChI is InChI=1S/C13H13F2N3/c1-8-4-5-17-7-11(8)13(18-16)10-3-2-9(14)6-12(10)15/h2-7,13,18H,16H2,1H3. The maximum Gasteiger partial charge on any atom is 0.131 e. The van der Waals surface area contributed by atoms with E-state index >= 15 is 0 Å². The molecular formula is C13H13F2N3. The first-order valence-corrected chi connectivity index (χ1v) is 5.45. The summed E-state index contributed by atoms with van der Waals surface area (Å²) < 4.78 is 26.6. The minimum atomic E-state index is -0.638. The lowest BCUT2D eigenvalue weighted by Crippen LogP contribution is -2.30. The van der Waals surface area contributed by atoms with Crippen LogP contribution in [0.5, 0.6) is 0 Å². The molecule has 5 heteroatoms. The van der Waals surface area contributed by atoms with Crippen molar-refractivity contribution in [2.75, 3.05) is 0 Å². The highest BCUT2D eigenvalue weighted by atomic mass is 19.1. The Kier molecular flexibility index (Phi) is 3.64. The van der Waals surface area contributed by atoms with E-state index in [9.17, 15) is 8.78 Å². The van der Waals surface area contributed by atoms with Crippen LogP contribution < -0.4 is 11.3 Å². The molecule has 2 rings (SSSR count). The average Bonchev–Trinajstić information content (AvgIpc) is 2.34. The third-order valence-electron chi connectivity index (χ3n) is 2.83. The van der Waals surface area contributed by atoms with Crippen molar-refractivity contribution < 1.29 is 8.78 Å². The van der Waals surface area contributed by atoms with E-state index in [0.717, 1.165) is 17.2 Å². The Labute approximate surface area is 104 Å². The van der Waals surface area contributed by atoms with Crippen LogP contribution in [-0.2, 0) is 0 Å². The molecule has 0 saturated heterocycles. The predicted octanol–water partition coefficient (Wildman–Crippen LogP) is 2.22. The monoisotopic (exact) mass is 249 g/mol. The summed E-state index contributed by atoms with van der Waals surface area (Å²) in [4.78, 5) is 4.00. The number of pyridine rings is 1. The van der Waals surface area contributed by atoms with E-state index in [1.807, 2.05) is 6.92 Å². The van der Waals surface area contributed by atoms with Gasteiger partial charge in [-0.05, 0) is 30.2 Å². The Balaban J connectivity index is 2.49. The van der Waals surface area contributed by atoms with Gasteiger partial charge in [0.25, 0.3) is 0 Å². The van der Waals surface area contributed by atoms with Crippen molar-refractivity contribution in [3.8, 4) is 0 Å². The van der Waals surface area contributed by atoms with Crippen LogP contribution in [0.2, 0.25) is 0 Å². The molecule has 0 bridgehead atoms. The van der Waals surface area contributed by atoms with Crippen LogP contribution in [0.25, 0.3) is 0 Å². The molecule has 0 saturated carbocycles. The van der Waals surface area contributed by atoms with Gasteiger partial charge in [0, 0.05) is 24.0 Å². The Bertz CT molecular complexity index is 558. The lowest BCUT2D eigenvalue weighted by atomic mass is 9.97. The van der Waals surface area contributed by atoms with Gasteiger partial charge in [0.05, 0.1) is 6.04 Å². The summed E-state index contributed by atoms with van der Waals surface area (Å²) in [5, 5.41) is 0. The molecule has 0 spiro atoms. The molecule has 0 aliphatic rings. The quantitative estimate of drug-likeness (QED) is 0.647. The van der Waals surface area contributed by atoms with Crippen molar-refractivity contribution in [2.24, 2.45) is 5.84 Å². The molecule has 0 amide bonds. The minimum absolute atomic E-state index is 0.287. The van der Waals surface area contributed by atoms with E-state index in [0.29, 0.717) is 0 Å². The van der Waals surface area contributed by atoms with Crippen molar-refractivity contribution in [1.82, 2.24) is 10.4 Å². The fourth-order valence-electron chi connectivity index (χ4n) is 1.86. The molecule has 0 radical (unpaired) electrons. The highest BCUT2D eigenvalue weighted by Gasteiger charge is 2.18. The Hall–Kier alpha value is -1.85. The molecule has 0 aliphatic heterocycles. The third-order valence-corrected chi connectivity index (χ3v) is 2.83. The van der Waals surface area contributed by atoms with Crippen LogP contribution in [0.4, 0.5) is 8.78 Å². The molecule has 1 unspecified atom stereocenters. The van der Waals surface area contributed by atoms with Crippen molar-refractivity contribution in [1.29, 1.82) is 0 Å². The number of rotatable bonds is 3. The van der Waals surface area contributed by atoms with E-state index in [1.54, 1.807) is 18.5 Å². The van der Waals surface area contributed by atoms with Crippen molar-refractivity contribution in [2.45, 2.75) is 13.0 Å². The number of aryl methyl sites for hydroxylation is 1. The number of hydrogen-bond donors (Lipinski definition) is 2. The summed E-state index contributed by atoms with van der Waals surface area (Å²) in [5.41, 5.74) is 4.50. The Morgan fingerprint density at radius 2 is 2.00 bits per heavy atom. The van der Waals surface area contributed by atoms with Gasteiger partial charge in [-0.15, -0.1) is 0 Å². The lowest BCUT2D eigenvalue weighted by molar-refractivity contribution is 0.540. The van der Waals surface area contributed by atoms with Crippen LogP contribution >= 0.6 is 0 Å². The van der Waals surface area contributed by atoms with Crippen LogP contribution in [0.15, 0.2) is 36.7 Å². The SMILES string of the molecule is Cc1ccncc1C(NN)c1ccc(F)cc1F. The fraction of sp³-hybridized carbons (Fsp3) is 0.154. The largest absolute Gasteiger partial charge is 0.271 e. The van der Waals surface area contributed by atoms with Crippen molar-refractivity contribution in [3.63, 3.8) is 0 Å². The van der Waals surface area contributed by atoms with Gasteiger partial charge in [-0.1, -0.05) is 6.07 Å². The Morgan fingerprint density at radius 3 is 2.61 bits per heavy atom. The normalized spacial score (nSPS) is 12.4. The van der Waals surface area contributed by atoms with Crippen LogP contribution in [-0.4, -0.2) is 4.98 Å². The van der Waals surface area contributed by atoms with E-state index in [1.165, 1.54) is 12.1 Å². The molecule has 0 fully saturated rings. The minimum Gasteiger partial charge on any atom is -0.271 e. The number of hydrazine groups is 1. The molecule has 1 aromatic carbocycles. The number of nitrogens with one attached hydrogen (secondary N) is 1. The highest BCUT2D eigenvalue weighted by molar-refractivity contribution is 5.35. The van der Waals surface area contributed by atoms with Gasteiger partial charge >= 0.3 is 0 Å². The molecule has 94 valence electrons.